The van der Waals surface area contributed by atoms with Crippen LogP contribution < -0.4 is 0 Å². The number of hydrogen-bond acceptors (Lipinski definition) is 3. The highest BCUT2D eigenvalue weighted by Crippen LogP contribution is 2.15. The molecular weight excluding hydrogens is 256 g/mol. The van der Waals surface area contributed by atoms with Crippen molar-refractivity contribution >= 4 is 17.1 Å². The van der Waals surface area contributed by atoms with Gasteiger partial charge in [-0.3, -0.25) is 9.48 Å². The van der Waals surface area contributed by atoms with E-state index in [4.69, 9.17) is 0 Å². The Labute approximate surface area is 118 Å². The minimum atomic E-state index is 0.342. The maximum Gasteiger partial charge on any atom is 0.133 e. The highest BCUT2D eigenvalue weighted by molar-refractivity contribution is 7.07. The molecule has 2 rings (SSSR count). The van der Waals surface area contributed by atoms with Crippen molar-refractivity contribution in [2.24, 2.45) is 7.05 Å². The topological polar surface area (TPSA) is 34.9 Å². The first-order chi connectivity index (χ1) is 9.08. The van der Waals surface area contributed by atoms with Crippen molar-refractivity contribution in [3.63, 3.8) is 0 Å². The molecule has 2 aromatic heterocycles. The van der Waals surface area contributed by atoms with E-state index in [1.165, 1.54) is 16.8 Å². The quantitative estimate of drug-likeness (QED) is 0.812. The zero-order valence-corrected chi connectivity index (χ0v) is 12.6. The lowest BCUT2D eigenvalue weighted by molar-refractivity contribution is -0.119. The van der Waals surface area contributed by atoms with Gasteiger partial charge in [-0.1, -0.05) is 0 Å². The molecule has 0 N–H and O–H groups in total. The summed E-state index contributed by atoms with van der Waals surface area (Å²) in [6, 6.07) is 2.09. The third kappa shape index (κ3) is 3.53. The lowest BCUT2D eigenvalue weighted by atomic mass is 10.0. The summed E-state index contributed by atoms with van der Waals surface area (Å²) in [6.07, 6.45) is 2.95. The van der Waals surface area contributed by atoms with Crippen LogP contribution >= 0.6 is 11.3 Å². The van der Waals surface area contributed by atoms with Gasteiger partial charge in [0.2, 0.25) is 0 Å². The summed E-state index contributed by atoms with van der Waals surface area (Å²) in [5.74, 6) is 0.342. The van der Waals surface area contributed by atoms with Crippen molar-refractivity contribution in [2.45, 2.75) is 39.5 Å². The fourth-order valence-electron chi connectivity index (χ4n) is 2.29. The number of aromatic nitrogens is 2. The predicted octanol–water partition coefficient (Wildman–Crippen LogP) is 3.23. The van der Waals surface area contributed by atoms with Crippen LogP contribution in [0.15, 0.2) is 16.8 Å². The molecule has 0 aliphatic rings. The Morgan fingerprint density at radius 1 is 1.32 bits per heavy atom. The molecular formula is C15H20N2OS. The lowest BCUT2D eigenvalue weighted by Gasteiger charge is -2.02. The molecule has 0 unspecified atom stereocenters. The molecule has 0 fully saturated rings. The molecule has 0 bridgehead atoms. The molecule has 2 aromatic rings. The first-order valence-corrected chi connectivity index (χ1v) is 7.54. The molecule has 0 radical (unpaired) electrons. The number of thiophene rings is 1. The Balaban J connectivity index is 1.83. The molecule has 102 valence electrons. The molecule has 2 heterocycles. The van der Waals surface area contributed by atoms with E-state index in [1.54, 1.807) is 11.3 Å². The van der Waals surface area contributed by atoms with Gasteiger partial charge in [0.1, 0.15) is 5.78 Å². The van der Waals surface area contributed by atoms with Crippen molar-refractivity contribution < 1.29 is 4.79 Å². The van der Waals surface area contributed by atoms with E-state index >= 15 is 0 Å². The summed E-state index contributed by atoms with van der Waals surface area (Å²) < 4.78 is 1.89. The molecule has 0 saturated carbocycles. The predicted molar refractivity (Wildman–Crippen MR) is 78.7 cm³/mol. The van der Waals surface area contributed by atoms with E-state index in [1.807, 2.05) is 18.7 Å². The van der Waals surface area contributed by atoms with Crippen LogP contribution in [0.5, 0.6) is 0 Å². The second-order valence-corrected chi connectivity index (χ2v) is 5.72. The van der Waals surface area contributed by atoms with Gasteiger partial charge in [0, 0.05) is 25.6 Å². The molecule has 0 spiro atoms. The SMILES string of the molecule is Cc1nn(C)c(C)c1CCC(=O)CCc1ccsc1. The Morgan fingerprint density at radius 3 is 2.63 bits per heavy atom. The van der Waals surface area contributed by atoms with E-state index in [2.05, 4.69) is 28.8 Å². The van der Waals surface area contributed by atoms with E-state index in [-0.39, 0.29) is 0 Å². The van der Waals surface area contributed by atoms with Crippen LogP contribution in [0.4, 0.5) is 0 Å². The maximum atomic E-state index is 11.9. The third-order valence-electron chi connectivity index (χ3n) is 3.59. The first-order valence-electron chi connectivity index (χ1n) is 6.59. The van der Waals surface area contributed by atoms with Gasteiger partial charge in [0.15, 0.2) is 0 Å². The zero-order valence-electron chi connectivity index (χ0n) is 11.8. The zero-order chi connectivity index (χ0) is 13.8. The largest absolute Gasteiger partial charge is 0.300 e. The van der Waals surface area contributed by atoms with Crippen LogP contribution in [0, 0.1) is 13.8 Å². The summed E-state index contributed by atoms with van der Waals surface area (Å²) in [5.41, 5.74) is 4.72. The molecule has 19 heavy (non-hydrogen) atoms. The van der Waals surface area contributed by atoms with Crippen LogP contribution in [0.3, 0.4) is 0 Å². The summed E-state index contributed by atoms with van der Waals surface area (Å²) in [4.78, 5) is 11.9. The van der Waals surface area contributed by atoms with Gasteiger partial charge in [0.05, 0.1) is 5.69 Å². The number of carbonyl (C=O) groups is 1. The van der Waals surface area contributed by atoms with Gasteiger partial charge in [0.25, 0.3) is 0 Å². The fourth-order valence-corrected chi connectivity index (χ4v) is 2.99. The van der Waals surface area contributed by atoms with Crippen molar-refractivity contribution in [3.05, 3.63) is 39.3 Å². The normalized spacial score (nSPS) is 10.9. The van der Waals surface area contributed by atoms with Crippen molar-refractivity contribution in [1.82, 2.24) is 9.78 Å². The number of nitrogens with zero attached hydrogens (tertiary/aromatic N) is 2. The summed E-state index contributed by atoms with van der Waals surface area (Å²) in [5, 5.41) is 8.55. The van der Waals surface area contributed by atoms with Crippen LogP contribution in [0.1, 0.15) is 35.4 Å². The summed E-state index contributed by atoms with van der Waals surface area (Å²) >= 11 is 1.69. The first kappa shape index (κ1) is 14.0. The van der Waals surface area contributed by atoms with Gasteiger partial charge >= 0.3 is 0 Å². The second-order valence-electron chi connectivity index (χ2n) is 4.94. The summed E-state index contributed by atoms with van der Waals surface area (Å²) in [7, 11) is 1.95. The average molecular weight is 276 g/mol. The van der Waals surface area contributed by atoms with Gasteiger partial charge in [-0.25, -0.2) is 0 Å². The van der Waals surface area contributed by atoms with Crippen LogP contribution in [-0.4, -0.2) is 15.6 Å². The number of ketones is 1. The second kappa shape index (κ2) is 6.15. The van der Waals surface area contributed by atoms with E-state index < -0.39 is 0 Å². The standard InChI is InChI=1S/C15H20N2OS/c1-11-15(12(2)17(3)16-11)7-6-14(18)5-4-13-8-9-19-10-13/h8-10H,4-7H2,1-3H3. The highest BCUT2D eigenvalue weighted by atomic mass is 32.1. The molecule has 0 amide bonds. The lowest BCUT2D eigenvalue weighted by Crippen LogP contribution is -2.03. The van der Waals surface area contributed by atoms with Gasteiger partial charge in [-0.2, -0.15) is 16.4 Å². The van der Waals surface area contributed by atoms with E-state index in [0.717, 1.165) is 18.5 Å². The molecule has 4 heteroatoms. The number of rotatable bonds is 6. The van der Waals surface area contributed by atoms with Gasteiger partial charge < -0.3 is 0 Å². The molecule has 0 atom stereocenters. The van der Waals surface area contributed by atoms with Gasteiger partial charge in [-0.05, 0) is 54.6 Å². The van der Waals surface area contributed by atoms with Crippen molar-refractivity contribution in [3.8, 4) is 0 Å². The number of hydrogen-bond donors (Lipinski definition) is 0. The molecule has 3 nitrogen and oxygen atoms in total. The molecule has 0 aromatic carbocycles. The highest BCUT2D eigenvalue weighted by Gasteiger charge is 2.11. The Kier molecular flexibility index (Phi) is 4.53. The van der Waals surface area contributed by atoms with Crippen molar-refractivity contribution in [1.29, 1.82) is 0 Å². The molecule has 0 aliphatic carbocycles. The number of carbonyl (C=O) groups excluding carboxylic acids is 1. The third-order valence-corrected chi connectivity index (χ3v) is 4.32. The Morgan fingerprint density at radius 2 is 2.05 bits per heavy atom. The molecule has 0 aliphatic heterocycles. The van der Waals surface area contributed by atoms with Crippen LogP contribution in [0.25, 0.3) is 0 Å². The number of Topliss-reactive ketones (excluding diaryl/α,β-unsaturated/α-hetero) is 1. The van der Waals surface area contributed by atoms with Crippen LogP contribution in [0.2, 0.25) is 0 Å². The average Bonchev–Trinajstić information content (AvgIpc) is 2.96. The minimum absolute atomic E-state index is 0.342. The molecule has 0 saturated heterocycles. The Bertz CT molecular complexity index is 555. The smallest absolute Gasteiger partial charge is 0.133 e. The van der Waals surface area contributed by atoms with Crippen LogP contribution in [-0.2, 0) is 24.7 Å². The fraction of sp³-hybridized carbons (Fsp3) is 0.467. The van der Waals surface area contributed by atoms with Crippen molar-refractivity contribution in [2.75, 3.05) is 0 Å². The van der Waals surface area contributed by atoms with E-state index in [9.17, 15) is 4.79 Å². The van der Waals surface area contributed by atoms with E-state index in [0.29, 0.717) is 18.6 Å². The number of aryl methyl sites for hydroxylation is 3. The van der Waals surface area contributed by atoms with Gasteiger partial charge in [-0.15, -0.1) is 0 Å². The monoisotopic (exact) mass is 276 g/mol. The minimum Gasteiger partial charge on any atom is -0.300 e. The summed E-state index contributed by atoms with van der Waals surface area (Å²) in [6.45, 7) is 4.07. The Hall–Kier alpha value is -1.42. The maximum absolute atomic E-state index is 11.9.